The standard InChI is InChI=1S/C16H19NO2S/c1-10-7-11(10)8-17(2)9-13-12-5-3-4-6-14(12)20-15(13)16(18)19/h3-6,10-11H,7-9H2,1-2H3,(H,18,19). The molecule has 1 aliphatic carbocycles. The molecule has 0 saturated heterocycles. The molecule has 3 nitrogen and oxygen atoms in total. The van der Waals surface area contributed by atoms with E-state index in [2.05, 4.69) is 18.9 Å². The SMILES string of the molecule is CC1CC1CN(C)Cc1c(C(=O)O)sc2ccccc12. The summed E-state index contributed by atoms with van der Waals surface area (Å²) in [6, 6.07) is 7.97. The molecule has 1 aromatic carbocycles. The quantitative estimate of drug-likeness (QED) is 0.912. The first-order valence-electron chi connectivity index (χ1n) is 6.98. The molecule has 0 bridgehead atoms. The number of carbonyl (C=O) groups is 1. The van der Waals surface area contributed by atoms with Crippen molar-refractivity contribution >= 4 is 27.4 Å². The highest BCUT2D eigenvalue weighted by Crippen LogP contribution is 2.39. The third-order valence-corrected chi connectivity index (χ3v) is 5.34. The average Bonchev–Trinajstić information content (AvgIpc) is 2.96. The fourth-order valence-electron chi connectivity index (χ4n) is 2.82. The molecule has 106 valence electrons. The highest BCUT2D eigenvalue weighted by molar-refractivity contribution is 7.21. The molecule has 2 unspecified atom stereocenters. The molecule has 2 atom stereocenters. The molecule has 1 saturated carbocycles. The van der Waals surface area contributed by atoms with Gasteiger partial charge in [-0.25, -0.2) is 4.79 Å². The van der Waals surface area contributed by atoms with Gasteiger partial charge in [-0.05, 0) is 42.3 Å². The minimum atomic E-state index is -0.811. The first kappa shape index (κ1) is 13.6. The lowest BCUT2D eigenvalue weighted by molar-refractivity contribution is 0.0700. The minimum Gasteiger partial charge on any atom is -0.477 e. The van der Waals surface area contributed by atoms with Gasteiger partial charge in [0.1, 0.15) is 4.88 Å². The van der Waals surface area contributed by atoms with Gasteiger partial charge < -0.3 is 10.0 Å². The van der Waals surface area contributed by atoms with Crippen LogP contribution in [0.2, 0.25) is 0 Å². The molecule has 20 heavy (non-hydrogen) atoms. The zero-order valence-electron chi connectivity index (χ0n) is 11.8. The Labute approximate surface area is 122 Å². The lowest BCUT2D eigenvalue weighted by atomic mass is 10.1. The van der Waals surface area contributed by atoms with E-state index in [4.69, 9.17) is 0 Å². The Kier molecular flexibility index (Phi) is 3.52. The van der Waals surface area contributed by atoms with E-state index in [1.165, 1.54) is 17.8 Å². The van der Waals surface area contributed by atoms with E-state index in [1.807, 2.05) is 24.3 Å². The number of hydrogen-bond donors (Lipinski definition) is 1. The second kappa shape index (κ2) is 5.19. The van der Waals surface area contributed by atoms with Crippen LogP contribution in [0.25, 0.3) is 10.1 Å². The number of aromatic carboxylic acids is 1. The van der Waals surface area contributed by atoms with Gasteiger partial charge in [-0.3, -0.25) is 0 Å². The molecule has 1 fully saturated rings. The number of carboxylic acid groups (broad SMARTS) is 1. The largest absolute Gasteiger partial charge is 0.477 e. The number of fused-ring (bicyclic) bond motifs is 1. The van der Waals surface area contributed by atoms with Gasteiger partial charge >= 0.3 is 5.97 Å². The summed E-state index contributed by atoms with van der Waals surface area (Å²) < 4.78 is 1.06. The van der Waals surface area contributed by atoms with Crippen molar-refractivity contribution in [2.75, 3.05) is 13.6 Å². The van der Waals surface area contributed by atoms with Gasteiger partial charge in [0.05, 0.1) is 0 Å². The fourth-order valence-corrected chi connectivity index (χ4v) is 3.87. The van der Waals surface area contributed by atoms with Crippen LogP contribution in [-0.4, -0.2) is 29.6 Å². The molecule has 3 rings (SSSR count). The first-order chi connectivity index (χ1) is 9.56. The summed E-state index contributed by atoms with van der Waals surface area (Å²) >= 11 is 1.38. The van der Waals surface area contributed by atoms with E-state index in [1.54, 1.807) is 0 Å². The zero-order chi connectivity index (χ0) is 14.3. The summed E-state index contributed by atoms with van der Waals surface area (Å²) in [5.74, 6) is 0.809. The molecule has 4 heteroatoms. The van der Waals surface area contributed by atoms with Crippen LogP contribution < -0.4 is 0 Å². The fraction of sp³-hybridized carbons (Fsp3) is 0.438. The summed E-state index contributed by atoms with van der Waals surface area (Å²) in [6.45, 7) is 4.06. The van der Waals surface area contributed by atoms with E-state index in [-0.39, 0.29) is 0 Å². The highest BCUT2D eigenvalue weighted by Gasteiger charge is 2.33. The molecule has 1 aliphatic rings. The second-order valence-corrected chi connectivity index (χ2v) is 6.93. The van der Waals surface area contributed by atoms with E-state index in [9.17, 15) is 9.90 Å². The van der Waals surface area contributed by atoms with E-state index < -0.39 is 5.97 Å². The summed E-state index contributed by atoms with van der Waals surface area (Å²) in [7, 11) is 2.09. The van der Waals surface area contributed by atoms with Gasteiger partial charge in [-0.1, -0.05) is 25.1 Å². The van der Waals surface area contributed by atoms with E-state index >= 15 is 0 Å². The summed E-state index contributed by atoms with van der Waals surface area (Å²) in [5, 5.41) is 10.5. The Balaban J connectivity index is 1.88. The van der Waals surface area contributed by atoms with E-state index in [0.29, 0.717) is 4.88 Å². The Bertz CT molecular complexity index is 649. The van der Waals surface area contributed by atoms with Crippen LogP contribution in [0.3, 0.4) is 0 Å². The number of thiophene rings is 1. The molecule has 0 amide bonds. The van der Waals surface area contributed by atoms with E-state index in [0.717, 1.165) is 40.6 Å². The van der Waals surface area contributed by atoms with Crippen LogP contribution in [-0.2, 0) is 6.54 Å². The molecular weight excluding hydrogens is 270 g/mol. The highest BCUT2D eigenvalue weighted by atomic mass is 32.1. The van der Waals surface area contributed by atoms with Gasteiger partial charge in [0.15, 0.2) is 0 Å². The lowest BCUT2D eigenvalue weighted by Crippen LogP contribution is -2.21. The Morgan fingerprint density at radius 1 is 1.45 bits per heavy atom. The van der Waals surface area contributed by atoms with Gasteiger partial charge in [0, 0.05) is 17.8 Å². The molecule has 0 spiro atoms. The maximum absolute atomic E-state index is 11.5. The van der Waals surface area contributed by atoms with Crippen molar-refractivity contribution in [3.8, 4) is 0 Å². The Morgan fingerprint density at radius 2 is 2.15 bits per heavy atom. The van der Waals surface area contributed by atoms with Crippen molar-refractivity contribution in [3.05, 3.63) is 34.7 Å². The van der Waals surface area contributed by atoms with Crippen LogP contribution in [0.5, 0.6) is 0 Å². The van der Waals surface area contributed by atoms with Crippen molar-refractivity contribution in [3.63, 3.8) is 0 Å². The molecular formula is C16H19NO2S. The summed E-state index contributed by atoms with van der Waals surface area (Å²) in [6.07, 6.45) is 1.31. The summed E-state index contributed by atoms with van der Waals surface area (Å²) in [5.41, 5.74) is 0.967. The Hall–Kier alpha value is -1.39. The number of carboxylic acids is 1. The molecule has 1 N–H and O–H groups in total. The van der Waals surface area contributed by atoms with Gasteiger partial charge in [0.25, 0.3) is 0 Å². The van der Waals surface area contributed by atoms with Gasteiger partial charge in [0.2, 0.25) is 0 Å². The van der Waals surface area contributed by atoms with Crippen molar-refractivity contribution in [2.24, 2.45) is 11.8 Å². The smallest absolute Gasteiger partial charge is 0.346 e. The lowest BCUT2D eigenvalue weighted by Gasteiger charge is -2.16. The zero-order valence-corrected chi connectivity index (χ0v) is 12.6. The monoisotopic (exact) mass is 289 g/mol. The van der Waals surface area contributed by atoms with Crippen LogP contribution in [0, 0.1) is 11.8 Å². The third kappa shape index (κ3) is 2.58. The van der Waals surface area contributed by atoms with Gasteiger partial charge in [-0.2, -0.15) is 0 Å². The molecule has 0 radical (unpaired) electrons. The third-order valence-electron chi connectivity index (χ3n) is 4.14. The predicted octanol–water partition coefficient (Wildman–Crippen LogP) is 3.69. The first-order valence-corrected chi connectivity index (χ1v) is 7.80. The molecule has 1 aromatic heterocycles. The van der Waals surface area contributed by atoms with Crippen LogP contribution in [0.15, 0.2) is 24.3 Å². The average molecular weight is 289 g/mol. The number of hydrogen-bond acceptors (Lipinski definition) is 3. The number of benzene rings is 1. The van der Waals surface area contributed by atoms with Crippen molar-refractivity contribution in [1.82, 2.24) is 4.90 Å². The van der Waals surface area contributed by atoms with Crippen molar-refractivity contribution < 1.29 is 9.90 Å². The maximum Gasteiger partial charge on any atom is 0.346 e. The van der Waals surface area contributed by atoms with Crippen LogP contribution >= 0.6 is 11.3 Å². The number of nitrogens with zero attached hydrogens (tertiary/aromatic N) is 1. The van der Waals surface area contributed by atoms with Crippen molar-refractivity contribution in [2.45, 2.75) is 19.9 Å². The molecule has 0 aliphatic heterocycles. The minimum absolute atomic E-state index is 0.488. The van der Waals surface area contributed by atoms with Crippen LogP contribution in [0.4, 0.5) is 0 Å². The van der Waals surface area contributed by atoms with Gasteiger partial charge in [-0.15, -0.1) is 11.3 Å². The molecule has 2 aromatic rings. The van der Waals surface area contributed by atoms with Crippen molar-refractivity contribution in [1.29, 1.82) is 0 Å². The summed E-state index contributed by atoms with van der Waals surface area (Å²) in [4.78, 5) is 14.2. The predicted molar refractivity (Wildman–Crippen MR) is 82.4 cm³/mol. The second-order valence-electron chi connectivity index (χ2n) is 5.88. The van der Waals surface area contributed by atoms with Crippen LogP contribution in [0.1, 0.15) is 28.6 Å². The maximum atomic E-state index is 11.5. The number of rotatable bonds is 5. The Morgan fingerprint density at radius 3 is 2.80 bits per heavy atom. The topological polar surface area (TPSA) is 40.5 Å². The normalized spacial score (nSPS) is 21.6. The molecule has 1 heterocycles.